The van der Waals surface area contributed by atoms with E-state index < -0.39 is 5.97 Å². The van der Waals surface area contributed by atoms with Gasteiger partial charge < -0.3 is 19.7 Å². The van der Waals surface area contributed by atoms with Gasteiger partial charge in [0, 0.05) is 5.92 Å². The van der Waals surface area contributed by atoms with Gasteiger partial charge in [-0.25, -0.2) is 4.79 Å². The Balaban J connectivity index is 1.34. The van der Waals surface area contributed by atoms with Crippen LogP contribution in [0.5, 0.6) is 17.2 Å². The standard InChI is InChI=1S/C56H88O5/c1-3-5-7-9-11-13-15-17-19-21-23-25-27-29-31-33-45-60-51-40-35-48(36-41-51)55(50-39-44-54(57)53(47-50)56(58)59)49-37-42-52(43-38-49)61-46-34-32-30-28-26-24-22-20-18-16-14-12-10-8-6-4-2/h35-44,47,55,57H,3-34,45-46H2,1-2H3,(H,58,59). The van der Waals surface area contributed by atoms with E-state index in [9.17, 15) is 15.0 Å². The lowest BCUT2D eigenvalue weighted by molar-refractivity contribution is 0.0693. The van der Waals surface area contributed by atoms with E-state index >= 15 is 0 Å². The maximum atomic E-state index is 12.0. The highest BCUT2D eigenvalue weighted by atomic mass is 16.5. The second kappa shape index (κ2) is 35.0. The minimum absolute atomic E-state index is 0.0972. The molecule has 0 aliphatic carbocycles. The summed E-state index contributed by atoms with van der Waals surface area (Å²) >= 11 is 0. The zero-order valence-corrected chi connectivity index (χ0v) is 39.1. The van der Waals surface area contributed by atoms with Gasteiger partial charge in [0.05, 0.1) is 13.2 Å². The van der Waals surface area contributed by atoms with Crippen LogP contribution in [-0.2, 0) is 0 Å². The second-order valence-electron chi connectivity index (χ2n) is 18.0. The number of benzene rings is 3. The van der Waals surface area contributed by atoms with E-state index in [1.165, 1.54) is 199 Å². The topological polar surface area (TPSA) is 76.0 Å². The zero-order chi connectivity index (χ0) is 43.4. The van der Waals surface area contributed by atoms with Crippen molar-refractivity contribution in [3.63, 3.8) is 0 Å². The summed E-state index contributed by atoms with van der Waals surface area (Å²) in [6.07, 6.45) is 43.3. The van der Waals surface area contributed by atoms with Gasteiger partial charge in [-0.05, 0) is 65.9 Å². The maximum absolute atomic E-state index is 12.0. The van der Waals surface area contributed by atoms with Gasteiger partial charge in [0.25, 0.3) is 0 Å². The van der Waals surface area contributed by atoms with Crippen molar-refractivity contribution in [2.24, 2.45) is 0 Å². The highest BCUT2D eigenvalue weighted by molar-refractivity contribution is 5.91. The number of aromatic hydroxyl groups is 1. The molecule has 0 heterocycles. The van der Waals surface area contributed by atoms with Crippen LogP contribution >= 0.6 is 0 Å². The first-order valence-corrected chi connectivity index (χ1v) is 25.5. The minimum Gasteiger partial charge on any atom is -0.507 e. The first-order chi connectivity index (χ1) is 30.0. The molecule has 3 aromatic carbocycles. The first-order valence-electron chi connectivity index (χ1n) is 25.5. The SMILES string of the molecule is CCCCCCCCCCCCCCCCCCOc1ccc(C(c2ccc(OCCCCCCCCCCCCCCCCCC)cc2)c2ccc(O)c(C(=O)O)c2)cc1. The van der Waals surface area contributed by atoms with E-state index in [1.807, 2.05) is 30.3 Å². The molecule has 0 amide bonds. The Kier molecular flexibility index (Phi) is 29.8. The number of hydrogen-bond donors (Lipinski definition) is 2. The smallest absolute Gasteiger partial charge is 0.339 e. The van der Waals surface area contributed by atoms with Crippen molar-refractivity contribution in [2.75, 3.05) is 13.2 Å². The van der Waals surface area contributed by atoms with Gasteiger partial charge >= 0.3 is 5.97 Å². The van der Waals surface area contributed by atoms with Crippen LogP contribution in [0.15, 0.2) is 66.7 Å². The molecular formula is C56H88O5. The molecule has 0 aliphatic heterocycles. The van der Waals surface area contributed by atoms with Crippen molar-refractivity contribution < 1.29 is 24.5 Å². The molecule has 0 aromatic heterocycles. The van der Waals surface area contributed by atoms with Crippen LogP contribution in [0.2, 0.25) is 0 Å². The summed E-state index contributed by atoms with van der Waals surface area (Å²) < 4.78 is 12.3. The molecule has 3 rings (SSSR count). The average Bonchev–Trinajstić information content (AvgIpc) is 3.27. The van der Waals surface area contributed by atoms with Gasteiger partial charge in [0.2, 0.25) is 0 Å². The molecule has 0 atom stereocenters. The maximum Gasteiger partial charge on any atom is 0.339 e. The lowest BCUT2D eigenvalue weighted by Gasteiger charge is -2.20. The highest BCUT2D eigenvalue weighted by Crippen LogP contribution is 2.36. The van der Waals surface area contributed by atoms with Crippen LogP contribution in [0.1, 0.15) is 252 Å². The fourth-order valence-electron chi connectivity index (χ4n) is 8.68. The highest BCUT2D eigenvalue weighted by Gasteiger charge is 2.20. The molecule has 5 nitrogen and oxygen atoms in total. The van der Waals surface area contributed by atoms with Gasteiger partial charge in [-0.2, -0.15) is 0 Å². The Morgan fingerprint density at radius 3 is 0.984 bits per heavy atom. The molecule has 0 fully saturated rings. The van der Waals surface area contributed by atoms with E-state index in [2.05, 4.69) is 38.1 Å². The summed E-state index contributed by atoms with van der Waals surface area (Å²) in [6.45, 7) is 5.99. The molecule has 342 valence electrons. The number of carboxylic acid groups (broad SMARTS) is 1. The van der Waals surface area contributed by atoms with E-state index in [-0.39, 0.29) is 17.2 Å². The Bertz CT molecular complexity index is 1400. The molecule has 61 heavy (non-hydrogen) atoms. The molecule has 0 bridgehead atoms. The van der Waals surface area contributed by atoms with Crippen LogP contribution in [0.3, 0.4) is 0 Å². The average molecular weight is 841 g/mol. The summed E-state index contributed by atoms with van der Waals surface area (Å²) in [4.78, 5) is 12.0. The van der Waals surface area contributed by atoms with E-state index in [1.54, 1.807) is 6.07 Å². The molecule has 0 aliphatic rings. The summed E-state index contributed by atoms with van der Waals surface area (Å²) in [5.74, 6) is 0.0957. The largest absolute Gasteiger partial charge is 0.507 e. The minimum atomic E-state index is -1.14. The van der Waals surface area contributed by atoms with Gasteiger partial charge in [0.1, 0.15) is 22.8 Å². The van der Waals surface area contributed by atoms with Crippen LogP contribution in [0, 0.1) is 0 Å². The van der Waals surface area contributed by atoms with Crippen LogP contribution < -0.4 is 9.47 Å². The van der Waals surface area contributed by atoms with Crippen molar-refractivity contribution in [3.05, 3.63) is 89.0 Å². The molecule has 5 heteroatoms. The summed E-state index contributed by atoms with van der Waals surface area (Å²) in [5, 5.41) is 20.0. The predicted octanol–water partition coefficient (Wildman–Crippen LogP) is 17.6. The lowest BCUT2D eigenvalue weighted by Crippen LogP contribution is -2.06. The lowest BCUT2D eigenvalue weighted by atomic mass is 9.84. The fraction of sp³-hybridized carbons (Fsp3) is 0.661. The molecule has 0 radical (unpaired) electrons. The van der Waals surface area contributed by atoms with Crippen LogP contribution in [-0.4, -0.2) is 29.4 Å². The molecular weight excluding hydrogens is 753 g/mol. The number of aromatic carboxylic acids is 1. The molecule has 3 aromatic rings. The van der Waals surface area contributed by atoms with Crippen molar-refractivity contribution in [1.29, 1.82) is 0 Å². The number of unbranched alkanes of at least 4 members (excludes halogenated alkanes) is 30. The normalized spacial score (nSPS) is 11.4. The Morgan fingerprint density at radius 1 is 0.410 bits per heavy atom. The third-order valence-corrected chi connectivity index (χ3v) is 12.5. The Morgan fingerprint density at radius 2 is 0.689 bits per heavy atom. The quantitative estimate of drug-likeness (QED) is 0.0441. The van der Waals surface area contributed by atoms with E-state index in [4.69, 9.17) is 9.47 Å². The Labute approximate surface area is 373 Å². The molecule has 0 spiro atoms. The van der Waals surface area contributed by atoms with Crippen molar-refractivity contribution in [2.45, 2.75) is 225 Å². The fourth-order valence-corrected chi connectivity index (χ4v) is 8.68. The monoisotopic (exact) mass is 841 g/mol. The van der Waals surface area contributed by atoms with E-state index in [0.717, 1.165) is 41.0 Å². The van der Waals surface area contributed by atoms with Crippen LogP contribution in [0.4, 0.5) is 0 Å². The van der Waals surface area contributed by atoms with Gasteiger partial charge in [-0.1, -0.05) is 237 Å². The Hall–Kier alpha value is -3.47. The second-order valence-corrected chi connectivity index (χ2v) is 18.0. The van der Waals surface area contributed by atoms with Crippen molar-refractivity contribution >= 4 is 5.97 Å². The zero-order valence-electron chi connectivity index (χ0n) is 39.1. The first kappa shape index (κ1) is 51.9. The number of rotatable bonds is 40. The third kappa shape index (κ3) is 24.1. The molecule has 0 unspecified atom stereocenters. The summed E-state index contributed by atoms with van der Waals surface area (Å²) in [5.41, 5.74) is 2.76. The summed E-state index contributed by atoms with van der Waals surface area (Å²) in [6, 6.07) is 21.2. The number of carboxylic acids is 1. The van der Waals surface area contributed by atoms with Gasteiger partial charge in [-0.15, -0.1) is 0 Å². The predicted molar refractivity (Wildman–Crippen MR) is 259 cm³/mol. The molecule has 0 saturated carbocycles. The molecule has 2 N–H and O–H groups in total. The van der Waals surface area contributed by atoms with E-state index in [0.29, 0.717) is 13.2 Å². The van der Waals surface area contributed by atoms with Gasteiger partial charge in [-0.3, -0.25) is 0 Å². The number of hydrogen-bond acceptors (Lipinski definition) is 4. The number of phenols is 1. The molecule has 0 saturated heterocycles. The third-order valence-electron chi connectivity index (χ3n) is 12.5. The number of carbonyl (C=O) groups is 1. The van der Waals surface area contributed by atoms with Gasteiger partial charge in [0.15, 0.2) is 0 Å². The van der Waals surface area contributed by atoms with Crippen LogP contribution in [0.25, 0.3) is 0 Å². The van der Waals surface area contributed by atoms with Crippen molar-refractivity contribution in [3.8, 4) is 17.2 Å². The van der Waals surface area contributed by atoms with Crippen molar-refractivity contribution in [1.82, 2.24) is 0 Å². The summed E-state index contributed by atoms with van der Waals surface area (Å²) in [7, 11) is 0. The number of ether oxygens (including phenoxy) is 2.